The summed E-state index contributed by atoms with van der Waals surface area (Å²) in [7, 11) is 1.51. The van der Waals surface area contributed by atoms with Crippen molar-refractivity contribution in [3.8, 4) is 11.4 Å². The van der Waals surface area contributed by atoms with Gasteiger partial charge in [-0.1, -0.05) is 43.4 Å². The number of anilines is 1. The highest BCUT2D eigenvalue weighted by atomic mass is 32.1. The fourth-order valence-corrected chi connectivity index (χ4v) is 3.63. The predicted octanol–water partition coefficient (Wildman–Crippen LogP) is 3.89. The van der Waals surface area contributed by atoms with E-state index >= 15 is 0 Å². The first-order valence-corrected chi connectivity index (χ1v) is 9.31. The van der Waals surface area contributed by atoms with Gasteiger partial charge >= 0.3 is 0 Å². The molecule has 0 bridgehead atoms. The van der Waals surface area contributed by atoms with Crippen LogP contribution in [0.25, 0.3) is 5.69 Å². The fourth-order valence-electron chi connectivity index (χ4n) is 2.62. The summed E-state index contributed by atoms with van der Waals surface area (Å²) in [5.41, 5.74) is 1.05. The highest BCUT2D eigenvalue weighted by Crippen LogP contribution is 2.28. The van der Waals surface area contributed by atoms with Crippen molar-refractivity contribution >= 4 is 22.4 Å². The maximum absolute atomic E-state index is 12.6. The highest BCUT2D eigenvalue weighted by molar-refractivity contribution is 7.15. The summed E-state index contributed by atoms with van der Waals surface area (Å²) in [6.45, 7) is 4.24. The van der Waals surface area contributed by atoms with Crippen LogP contribution in [0.2, 0.25) is 0 Å². The van der Waals surface area contributed by atoms with Crippen LogP contribution in [-0.2, 0) is 0 Å². The van der Waals surface area contributed by atoms with Crippen LogP contribution in [0, 0.1) is 0 Å². The number of benzene rings is 1. The van der Waals surface area contributed by atoms with Gasteiger partial charge in [0.05, 0.1) is 19.0 Å². The number of nitrogens with zero attached hydrogens (tertiary/aromatic N) is 4. The summed E-state index contributed by atoms with van der Waals surface area (Å²) in [6, 6.07) is 9.54. The smallest absolute Gasteiger partial charge is 0.281 e. The normalized spacial score (nSPS) is 10.9. The molecule has 3 aromatic rings. The summed E-state index contributed by atoms with van der Waals surface area (Å²) in [6.07, 6.45) is 3.67. The molecule has 136 valence electrons. The zero-order valence-corrected chi connectivity index (χ0v) is 15.8. The first-order chi connectivity index (χ1) is 12.7. The molecule has 0 saturated heterocycles. The summed E-state index contributed by atoms with van der Waals surface area (Å²) in [5, 5.41) is 16.8. The molecule has 0 aliphatic heterocycles. The number of amides is 1. The van der Waals surface area contributed by atoms with E-state index in [9.17, 15) is 4.79 Å². The molecule has 1 aromatic carbocycles. The minimum atomic E-state index is -0.372. The van der Waals surface area contributed by atoms with Crippen molar-refractivity contribution in [1.82, 2.24) is 20.0 Å². The molecule has 2 aromatic heterocycles. The van der Waals surface area contributed by atoms with E-state index in [-0.39, 0.29) is 11.6 Å². The number of hydrogen-bond acceptors (Lipinski definition) is 6. The molecular weight excluding hydrogens is 350 g/mol. The molecule has 8 heteroatoms. The zero-order chi connectivity index (χ0) is 18.5. The Morgan fingerprint density at radius 1 is 1.23 bits per heavy atom. The average molecular weight is 371 g/mol. The molecule has 2 heterocycles. The number of hydrogen-bond donors (Lipinski definition) is 1. The molecule has 26 heavy (non-hydrogen) atoms. The van der Waals surface area contributed by atoms with Gasteiger partial charge in [-0.15, -0.1) is 10.2 Å². The van der Waals surface area contributed by atoms with E-state index in [0.29, 0.717) is 16.8 Å². The van der Waals surface area contributed by atoms with Crippen molar-refractivity contribution in [1.29, 1.82) is 0 Å². The molecule has 7 nitrogen and oxygen atoms in total. The van der Waals surface area contributed by atoms with Crippen molar-refractivity contribution in [2.45, 2.75) is 32.6 Å². The van der Waals surface area contributed by atoms with E-state index in [1.54, 1.807) is 10.9 Å². The SMILES string of the molecule is CCC(CC)c1nnc(NC(=O)c2nn(-c3ccccc3)cc2OC)s1. The Labute approximate surface area is 156 Å². The number of rotatable bonds is 7. The lowest BCUT2D eigenvalue weighted by Gasteiger charge is -2.05. The Kier molecular flexibility index (Phi) is 5.62. The Morgan fingerprint density at radius 3 is 2.62 bits per heavy atom. The van der Waals surface area contributed by atoms with Crippen LogP contribution >= 0.6 is 11.3 Å². The largest absolute Gasteiger partial charge is 0.493 e. The molecule has 0 radical (unpaired) electrons. The lowest BCUT2D eigenvalue weighted by atomic mass is 10.1. The molecule has 0 fully saturated rings. The lowest BCUT2D eigenvalue weighted by molar-refractivity contribution is 0.101. The van der Waals surface area contributed by atoms with Crippen LogP contribution in [0.3, 0.4) is 0 Å². The summed E-state index contributed by atoms with van der Waals surface area (Å²) >= 11 is 1.40. The van der Waals surface area contributed by atoms with Gasteiger partial charge in [0, 0.05) is 5.92 Å². The van der Waals surface area contributed by atoms with E-state index in [1.807, 2.05) is 30.3 Å². The van der Waals surface area contributed by atoms with Gasteiger partial charge in [-0.25, -0.2) is 4.68 Å². The third kappa shape index (κ3) is 3.75. The predicted molar refractivity (Wildman–Crippen MR) is 101 cm³/mol. The first-order valence-electron chi connectivity index (χ1n) is 8.50. The second-order valence-corrected chi connectivity index (χ2v) is 6.75. The quantitative estimate of drug-likeness (QED) is 0.681. The van der Waals surface area contributed by atoms with Crippen LogP contribution in [0.15, 0.2) is 36.5 Å². The first kappa shape index (κ1) is 18.1. The van der Waals surface area contributed by atoms with E-state index in [2.05, 4.69) is 34.5 Å². The van der Waals surface area contributed by atoms with Crippen molar-refractivity contribution < 1.29 is 9.53 Å². The number of carbonyl (C=O) groups is 1. The standard InChI is InChI=1S/C18H21N5O2S/c1-4-12(5-2)17-20-21-18(26-17)19-16(24)15-14(25-3)11-23(22-15)13-9-7-6-8-10-13/h6-12H,4-5H2,1-3H3,(H,19,21,24). The minimum Gasteiger partial charge on any atom is -0.493 e. The van der Waals surface area contributed by atoms with Gasteiger partial charge in [0.2, 0.25) is 5.13 Å². The van der Waals surface area contributed by atoms with Crippen LogP contribution in [0.5, 0.6) is 5.75 Å². The van der Waals surface area contributed by atoms with Crippen molar-refractivity contribution in [2.75, 3.05) is 12.4 Å². The lowest BCUT2D eigenvalue weighted by Crippen LogP contribution is -2.14. The third-order valence-electron chi connectivity index (χ3n) is 4.13. The molecule has 0 unspecified atom stereocenters. The molecule has 3 rings (SSSR count). The second-order valence-electron chi connectivity index (χ2n) is 5.74. The third-order valence-corrected chi connectivity index (χ3v) is 5.13. The monoisotopic (exact) mass is 371 g/mol. The Bertz CT molecular complexity index is 871. The summed E-state index contributed by atoms with van der Waals surface area (Å²) < 4.78 is 6.92. The van der Waals surface area contributed by atoms with Crippen LogP contribution in [0.1, 0.15) is 48.1 Å². The average Bonchev–Trinajstić information content (AvgIpc) is 3.31. The maximum Gasteiger partial charge on any atom is 0.281 e. The summed E-state index contributed by atoms with van der Waals surface area (Å²) in [4.78, 5) is 12.6. The van der Waals surface area contributed by atoms with Gasteiger partial charge < -0.3 is 4.74 Å². The molecule has 0 aliphatic carbocycles. The van der Waals surface area contributed by atoms with Crippen molar-refractivity contribution in [2.24, 2.45) is 0 Å². The van der Waals surface area contributed by atoms with Gasteiger partial charge in [0.1, 0.15) is 5.01 Å². The Hall–Kier alpha value is -2.74. The number of para-hydroxylation sites is 1. The van der Waals surface area contributed by atoms with E-state index in [1.165, 1.54) is 18.4 Å². The van der Waals surface area contributed by atoms with Crippen LogP contribution in [-0.4, -0.2) is 33.0 Å². The van der Waals surface area contributed by atoms with Crippen molar-refractivity contribution in [3.05, 3.63) is 47.2 Å². The van der Waals surface area contributed by atoms with Gasteiger partial charge in [-0.05, 0) is 25.0 Å². The number of carbonyl (C=O) groups excluding carboxylic acids is 1. The van der Waals surface area contributed by atoms with Gasteiger partial charge in [0.25, 0.3) is 5.91 Å². The molecule has 1 N–H and O–H groups in total. The van der Waals surface area contributed by atoms with Crippen LogP contribution in [0.4, 0.5) is 5.13 Å². The number of methoxy groups -OCH3 is 1. The number of aromatic nitrogens is 4. The maximum atomic E-state index is 12.6. The highest BCUT2D eigenvalue weighted by Gasteiger charge is 2.21. The second kappa shape index (κ2) is 8.09. The van der Waals surface area contributed by atoms with Gasteiger partial charge in [-0.2, -0.15) is 5.10 Å². The fraction of sp³-hybridized carbons (Fsp3) is 0.333. The number of nitrogens with one attached hydrogen (secondary N) is 1. The molecule has 1 amide bonds. The van der Waals surface area contributed by atoms with E-state index in [0.717, 1.165) is 23.5 Å². The Balaban J connectivity index is 1.81. The topological polar surface area (TPSA) is 81.9 Å². The Morgan fingerprint density at radius 2 is 1.96 bits per heavy atom. The van der Waals surface area contributed by atoms with Gasteiger partial charge in [0.15, 0.2) is 11.4 Å². The number of ether oxygens (including phenoxy) is 1. The van der Waals surface area contributed by atoms with Crippen molar-refractivity contribution in [3.63, 3.8) is 0 Å². The molecule has 0 atom stereocenters. The minimum absolute atomic E-state index is 0.204. The zero-order valence-electron chi connectivity index (χ0n) is 15.0. The molecular formula is C18H21N5O2S. The van der Waals surface area contributed by atoms with Crippen LogP contribution < -0.4 is 10.1 Å². The molecule has 0 aliphatic rings. The summed E-state index contributed by atoms with van der Waals surface area (Å²) in [5.74, 6) is 0.393. The van der Waals surface area contributed by atoms with E-state index in [4.69, 9.17) is 4.74 Å². The molecule has 0 spiro atoms. The van der Waals surface area contributed by atoms with Gasteiger partial charge in [-0.3, -0.25) is 10.1 Å². The molecule has 0 saturated carbocycles. The van der Waals surface area contributed by atoms with E-state index < -0.39 is 0 Å².